The maximum Gasteiger partial charge on any atom is 0.410 e. The summed E-state index contributed by atoms with van der Waals surface area (Å²) in [5, 5.41) is 0. The Bertz CT molecular complexity index is 785. The Balaban J connectivity index is 1.88. The molecule has 0 saturated carbocycles. The van der Waals surface area contributed by atoms with Crippen molar-refractivity contribution in [1.82, 2.24) is 9.21 Å². The monoisotopic (exact) mass is 375 g/mol. The van der Waals surface area contributed by atoms with Gasteiger partial charge >= 0.3 is 16.3 Å². The summed E-state index contributed by atoms with van der Waals surface area (Å²) in [6.07, 6.45) is 2.05. The summed E-state index contributed by atoms with van der Waals surface area (Å²) in [7, 11) is -6.70. The molecule has 1 aliphatic heterocycles. The molecule has 2 rings (SSSR count). The Kier molecular flexibility index (Phi) is 5.83. The highest BCUT2D eigenvalue weighted by Crippen LogP contribution is 2.12. The lowest BCUT2D eigenvalue weighted by molar-refractivity contribution is 0.0838. The topological polar surface area (TPSA) is 96.4 Å². The summed E-state index contributed by atoms with van der Waals surface area (Å²) < 4.78 is 45.4. The van der Waals surface area contributed by atoms with E-state index in [-0.39, 0.29) is 32.8 Å². The van der Waals surface area contributed by atoms with Crippen LogP contribution in [0.2, 0.25) is 0 Å². The molecule has 0 bridgehead atoms. The van der Waals surface area contributed by atoms with Gasteiger partial charge in [0.15, 0.2) is 0 Å². The van der Waals surface area contributed by atoms with E-state index in [2.05, 4.69) is 3.77 Å². The molecule has 0 atom stereocenters. The van der Waals surface area contributed by atoms with E-state index < -0.39 is 26.0 Å². The van der Waals surface area contributed by atoms with Crippen LogP contribution in [-0.4, -0.2) is 66.6 Å². The van der Waals surface area contributed by atoms with Crippen molar-refractivity contribution in [3.63, 3.8) is 0 Å². The zero-order chi connectivity index (χ0) is 17.8. The van der Waals surface area contributed by atoms with Crippen molar-refractivity contribution >= 4 is 26.0 Å². The molecule has 0 spiro atoms. The van der Waals surface area contributed by atoms with Crippen LogP contribution < -0.4 is 0 Å². The van der Waals surface area contributed by atoms with Gasteiger partial charge in [0, 0.05) is 38.7 Å². The van der Waals surface area contributed by atoms with Gasteiger partial charge in [0.2, 0.25) is 0 Å². The zero-order valence-corrected chi connectivity index (χ0v) is 15.3. The smallest absolute Gasteiger partial charge is 0.410 e. The summed E-state index contributed by atoms with van der Waals surface area (Å²) in [6.45, 7) is 0.777. The maximum absolute atomic E-state index is 12.0. The molecule has 134 valence electrons. The molecule has 0 N–H and O–H groups in total. The lowest BCUT2D eigenvalue weighted by Crippen LogP contribution is -2.50. The Hall–Kier alpha value is -1.65. The lowest BCUT2D eigenvalue weighted by atomic mass is 10.2. The fraction of sp³-hybridized carbons (Fsp3) is 0.500. The van der Waals surface area contributed by atoms with Gasteiger partial charge in [0.25, 0.3) is 0 Å². The minimum atomic E-state index is -3.94. The van der Waals surface area contributed by atoms with Crippen molar-refractivity contribution < 1.29 is 22.2 Å². The highest BCUT2D eigenvalue weighted by atomic mass is 32.3. The summed E-state index contributed by atoms with van der Waals surface area (Å²) >= 11 is 0. The van der Waals surface area contributed by atoms with Crippen LogP contribution in [0.5, 0.6) is 0 Å². The third-order valence-electron chi connectivity index (χ3n) is 3.30. The second-order valence-corrected chi connectivity index (χ2v) is 10.0. The van der Waals surface area contributed by atoms with Gasteiger partial charge in [-0.15, -0.1) is 0 Å². The summed E-state index contributed by atoms with van der Waals surface area (Å²) in [4.78, 5) is 13.5. The largest absolute Gasteiger partial charge is 0.445 e. The number of ether oxygens (including phenoxy) is 1. The molecule has 1 saturated heterocycles. The van der Waals surface area contributed by atoms with Gasteiger partial charge in [-0.2, -0.15) is 12.7 Å². The minimum Gasteiger partial charge on any atom is -0.445 e. The molecule has 1 aromatic carbocycles. The number of hydrogen-bond donors (Lipinski definition) is 0. The van der Waals surface area contributed by atoms with Crippen LogP contribution in [0.25, 0.3) is 0 Å². The first-order valence-electron chi connectivity index (χ1n) is 7.31. The first kappa shape index (κ1) is 18.7. The van der Waals surface area contributed by atoms with Gasteiger partial charge in [-0.1, -0.05) is 34.1 Å². The van der Waals surface area contributed by atoms with E-state index >= 15 is 0 Å². The van der Waals surface area contributed by atoms with Gasteiger partial charge in [-0.3, -0.25) is 0 Å². The molecule has 1 aromatic rings. The second-order valence-electron chi connectivity index (χ2n) is 5.66. The number of nitrogens with zero attached hydrogens (tertiary/aromatic N) is 3. The number of benzene rings is 1. The van der Waals surface area contributed by atoms with Gasteiger partial charge in [-0.25, -0.2) is 9.00 Å². The van der Waals surface area contributed by atoms with Crippen LogP contribution >= 0.6 is 0 Å². The average Bonchev–Trinajstić information content (AvgIpc) is 2.51. The molecular formula is C14H21N3O5S2. The van der Waals surface area contributed by atoms with Crippen LogP contribution in [0.15, 0.2) is 34.1 Å². The number of piperazine rings is 1. The SMILES string of the molecule is CS(C)(=O)=NS(=O)(=O)N1CCN(C(=O)OCc2ccccc2)CC1. The van der Waals surface area contributed by atoms with E-state index in [4.69, 9.17) is 4.74 Å². The molecule has 1 heterocycles. The Morgan fingerprint density at radius 1 is 1.08 bits per heavy atom. The van der Waals surface area contributed by atoms with E-state index in [0.717, 1.165) is 9.87 Å². The van der Waals surface area contributed by atoms with Gasteiger partial charge < -0.3 is 9.64 Å². The lowest BCUT2D eigenvalue weighted by Gasteiger charge is -2.32. The summed E-state index contributed by atoms with van der Waals surface area (Å²) in [6, 6.07) is 9.30. The van der Waals surface area contributed by atoms with E-state index in [0.29, 0.717) is 0 Å². The normalized spacial score (nSPS) is 16.7. The van der Waals surface area contributed by atoms with Gasteiger partial charge in [0.05, 0.1) is 9.73 Å². The quantitative estimate of drug-likeness (QED) is 0.779. The number of carbonyl (C=O) groups excluding carboxylic acids is 1. The third-order valence-corrected chi connectivity index (χ3v) is 6.51. The highest BCUT2D eigenvalue weighted by molar-refractivity contribution is 8.01. The van der Waals surface area contributed by atoms with Crippen molar-refractivity contribution in [2.75, 3.05) is 38.7 Å². The van der Waals surface area contributed by atoms with Crippen LogP contribution in [-0.2, 0) is 31.3 Å². The number of amides is 1. The molecule has 24 heavy (non-hydrogen) atoms. The van der Waals surface area contributed by atoms with Gasteiger partial charge in [-0.05, 0) is 5.56 Å². The van der Waals surface area contributed by atoms with Crippen LogP contribution in [0.1, 0.15) is 5.56 Å². The Labute approximate surface area is 142 Å². The standard InChI is InChI=1S/C14H21N3O5S2/c1-23(2,19)15-24(20,21)17-10-8-16(9-11-17)14(18)22-12-13-6-4-3-5-7-13/h3-7H,8-12H2,1-2H3. The predicted octanol–water partition coefficient (Wildman–Crippen LogP) is 0.913. The molecule has 1 fully saturated rings. The van der Waals surface area contributed by atoms with Crippen molar-refractivity contribution in [1.29, 1.82) is 0 Å². The highest BCUT2D eigenvalue weighted by Gasteiger charge is 2.29. The number of rotatable bonds is 4. The van der Waals surface area contributed by atoms with E-state index in [1.165, 1.54) is 17.4 Å². The molecule has 1 amide bonds. The van der Waals surface area contributed by atoms with Crippen molar-refractivity contribution in [3.8, 4) is 0 Å². The molecular weight excluding hydrogens is 354 g/mol. The van der Waals surface area contributed by atoms with E-state index in [9.17, 15) is 17.4 Å². The number of carbonyl (C=O) groups is 1. The summed E-state index contributed by atoms with van der Waals surface area (Å²) in [5.74, 6) is 0. The first-order chi connectivity index (χ1) is 11.2. The molecule has 8 nitrogen and oxygen atoms in total. The maximum atomic E-state index is 12.0. The van der Waals surface area contributed by atoms with Crippen molar-refractivity contribution in [2.24, 2.45) is 3.77 Å². The Morgan fingerprint density at radius 2 is 1.67 bits per heavy atom. The molecule has 0 unspecified atom stereocenters. The van der Waals surface area contributed by atoms with Crippen LogP contribution in [0.3, 0.4) is 0 Å². The first-order valence-corrected chi connectivity index (χ1v) is 11.0. The molecule has 0 aromatic heterocycles. The molecule has 0 aliphatic carbocycles. The molecule has 10 heteroatoms. The summed E-state index contributed by atoms with van der Waals surface area (Å²) in [5.41, 5.74) is 0.881. The zero-order valence-electron chi connectivity index (χ0n) is 13.6. The predicted molar refractivity (Wildman–Crippen MR) is 91.1 cm³/mol. The second kappa shape index (κ2) is 7.49. The average molecular weight is 375 g/mol. The molecule has 0 radical (unpaired) electrons. The van der Waals surface area contributed by atoms with E-state index in [1.54, 1.807) is 0 Å². The minimum absolute atomic E-state index is 0.0990. The fourth-order valence-corrected chi connectivity index (χ4v) is 5.00. The van der Waals surface area contributed by atoms with Crippen LogP contribution in [0.4, 0.5) is 4.79 Å². The van der Waals surface area contributed by atoms with Crippen molar-refractivity contribution in [3.05, 3.63) is 35.9 Å². The third kappa shape index (κ3) is 5.46. The van der Waals surface area contributed by atoms with Gasteiger partial charge in [0.1, 0.15) is 6.61 Å². The Morgan fingerprint density at radius 3 is 2.21 bits per heavy atom. The van der Waals surface area contributed by atoms with Crippen LogP contribution in [0, 0.1) is 0 Å². The fourth-order valence-electron chi connectivity index (χ4n) is 2.19. The van der Waals surface area contributed by atoms with Crippen molar-refractivity contribution in [2.45, 2.75) is 6.61 Å². The molecule has 1 aliphatic rings. The van der Waals surface area contributed by atoms with E-state index in [1.807, 2.05) is 30.3 Å². The number of hydrogen-bond acceptors (Lipinski definition) is 5.